The molecule has 0 aliphatic heterocycles. The number of hydrogen-bond acceptors (Lipinski definition) is 4. The molecule has 3 aromatic rings. The van der Waals surface area contributed by atoms with Crippen molar-refractivity contribution in [3.8, 4) is 11.5 Å². The number of benzene rings is 3. The SMILES string of the molecule is CCOc1cc(CNc2cc(C(=O)O)ccc2C)cc(Cl)c1OCc1cccc(C)c1. The van der Waals surface area contributed by atoms with E-state index in [4.69, 9.17) is 21.1 Å². The molecule has 3 aromatic carbocycles. The van der Waals surface area contributed by atoms with Crippen molar-refractivity contribution >= 4 is 23.3 Å². The van der Waals surface area contributed by atoms with Gasteiger partial charge < -0.3 is 19.9 Å². The number of aromatic carboxylic acids is 1. The van der Waals surface area contributed by atoms with Crippen LogP contribution in [0.15, 0.2) is 54.6 Å². The van der Waals surface area contributed by atoms with Gasteiger partial charge in [0.25, 0.3) is 0 Å². The van der Waals surface area contributed by atoms with Gasteiger partial charge in [-0.2, -0.15) is 0 Å². The molecular formula is C25H26ClNO4. The van der Waals surface area contributed by atoms with E-state index in [0.29, 0.717) is 36.3 Å². The van der Waals surface area contributed by atoms with E-state index in [-0.39, 0.29) is 5.56 Å². The third-order valence-corrected chi connectivity index (χ3v) is 5.08. The fraction of sp³-hybridized carbons (Fsp3) is 0.240. The summed E-state index contributed by atoms with van der Waals surface area (Å²) in [5.74, 6) is 0.133. The smallest absolute Gasteiger partial charge is 0.335 e. The van der Waals surface area contributed by atoms with Crippen molar-refractivity contribution in [3.05, 3.63) is 87.4 Å². The predicted octanol–water partition coefficient (Wildman–Crippen LogP) is 6.24. The normalized spacial score (nSPS) is 10.6. The quantitative estimate of drug-likeness (QED) is 0.412. The monoisotopic (exact) mass is 439 g/mol. The third-order valence-electron chi connectivity index (χ3n) is 4.80. The standard InChI is InChI=1S/C25H26ClNO4/c1-4-30-23-12-19(14-27-22-13-20(25(28)29)9-8-17(22)3)11-21(26)24(23)31-15-18-7-5-6-16(2)10-18/h5-13,27H,4,14-15H2,1-3H3,(H,28,29). The number of carboxylic acid groups (broad SMARTS) is 1. The summed E-state index contributed by atoms with van der Waals surface area (Å²) in [5.41, 5.74) is 5.07. The molecule has 0 radical (unpaired) electrons. The highest BCUT2D eigenvalue weighted by Gasteiger charge is 2.14. The Kier molecular flexibility index (Phi) is 7.42. The molecule has 6 heteroatoms. The Morgan fingerprint density at radius 1 is 1.03 bits per heavy atom. The van der Waals surface area contributed by atoms with E-state index in [1.54, 1.807) is 18.2 Å². The topological polar surface area (TPSA) is 67.8 Å². The summed E-state index contributed by atoms with van der Waals surface area (Å²) in [6.45, 7) is 7.20. The molecule has 0 saturated carbocycles. The predicted molar refractivity (Wildman–Crippen MR) is 124 cm³/mol. The molecule has 3 rings (SSSR count). The maximum atomic E-state index is 11.2. The van der Waals surface area contributed by atoms with Gasteiger partial charge in [0.05, 0.1) is 17.2 Å². The van der Waals surface area contributed by atoms with Crippen molar-refractivity contribution in [1.82, 2.24) is 0 Å². The second kappa shape index (κ2) is 10.2. The van der Waals surface area contributed by atoms with Crippen LogP contribution in [0.3, 0.4) is 0 Å². The number of aryl methyl sites for hydroxylation is 2. The molecular weight excluding hydrogens is 414 g/mol. The molecule has 5 nitrogen and oxygen atoms in total. The largest absolute Gasteiger partial charge is 0.490 e. The van der Waals surface area contributed by atoms with Gasteiger partial charge in [-0.05, 0) is 61.7 Å². The van der Waals surface area contributed by atoms with E-state index in [1.807, 2.05) is 51.1 Å². The van der Waals surface area contributed by atoms with Crippen molar-refractivity contribution in [2.24, 2.45) is 0 Å². The summed E-state index contributed by atoms with van der Waals surface area (Å²) in [4.78, 5) is 11.2. The second-order valence-corrected chi connectivity index (χ2v) is 7.71. The van der Waals surface area contributed by atoms with Gasteiger partial charge in [0.15, 0.2) is 11.5 Å². The Hall–Kier alpha value is -3.18. The fourth-order valence-electron chi connectivity index (χ4n) is 3.23. The van der Waals surface area contributed by atoms with Crippen LogP contribution in [-0.2, 0) is 13.2 Å². The van der Waals surface area contributed by atoms with Gasteiger partial charge in [0.2, 0.25) is 0 Å². The average Bonchev–Trinajstić information content (AvgIpc) is 2.72. The number of rotatable bonds is 9. The molecule has 0 atom stereocenters. The van der Waals surface area contributed by atoms with Gasteiger partial charge in [0.1, 0.15) is 6.61 Å². The van der Waals surface area contributed by atoms with Gasteiger partial charge in [0, 0.05) is 12.2 Å². The van der Waals surface area contributed by atoms with Gasteiger partial charge >= 0.3 is 5.97 Å². The molecule has 0 aromatic heterocycles. The first-order valence-electron chi connectivity index (χ1n) is 10.1. The zero-order valence-electron chi connectivity index (χ0n) is 17.9. The third kappa shape index (κ3) is 5.92. The van der Waals surface area contributed by atoms with Crippen LogP contribution in [0, 0.1) is 13.8 Å². The number of ether oxygens (including phenoxy) is 2. The summed E-state index contributed by atoms with van der Waals surface area (Å²) in [6, 6.07) is 16.8. The zero-order chi connectivity index (χ0) is 22.4. The molecule has 0 fully saturated rings. The van der Waals surface area contributed by atoms with Crippen molar-refractivity contribution in [1.29, 1.82) is 0 Å². The van der Waals surface area contributed by atoms with Crippen molar-refractivity contribution in [2.75, 3.05) is 11.9 Å². The van der Waals surface area contributed by atoms with Crippen LogP contribution in [0.1, 0.15) is 39.5 Å². The lowest BCUT2D eigenvalue weighted by molar-refractivity contribution is 0.0697. The lowest BCUT2D eigenvalue weighted by Crippen LogP contribution is -2.06. The Labute approximate surface area is 187 Å². The number of hydrogen-bond donors (Lipinski definition) is 2. The van der Waals surface area contributed by atoms with E-state index in [2.05, 4.69) is 11.4 Å². The second-order valence-electron chi connectivity index (χ2n) is 7.30. The summed E-state index contributed by atoms with van der Waals surface area (Å²) in [7, 11) is 0. The minimum Gasteiger partial charge on any atom is -0.490 e. The average molecular weight is 440 g/mol. The molecule has 31 heavy (non-hydrogen) atoms. The molecule has 0 aliphatic carbocycles. The first kappa shape index (κ1) is 22.5. The number of halogens is 1. The fourth-order valence-corrected chi connectivity index (χ4v) is 3.51. The minimum absolute atomic E-state index is 0.237. The maximum Gasteiger partial charge on any atom is 0.335 e. The van der Waals surface area contributed by atoms with E-state index < -0.39 is 5.97 Å². The summed E-state index contributed by atoms with van der Waals surface area (Å²) >= 11 is 6.54. The number of carboxylic acids is 1. The van der Waals surface area contributed by atoms with Crippen LogP contribution in [-0.4, -0.2) is 17.7 Å². The molecule has 0 aliphatic rings. The van der Waals surface area contributed by atoms with E-state index >= 15 is 0 Å². The molecule has 0 unspecified atom stereocenters. The Morgan fingerprint density at radius 3 is 2.55 bits per heavy atom. The Balaban J connectivity index is 1.78. The first-order chi connectivity index (χ1) is 14.9. The van der Waals surface area contributed by atoms with E-state index in [1.165, 1.54) is 5.56 Å². The van der Waals surface area contributed by atoms with Gasteiger partial charge in [-0.3, -0.25) is 0 Å². The van der Waals surface area contributed by atoms with Gasteiger partial charge in [-0.15, -0.1) is 0 Å². The molecule has 0 bridgehead atoms. The highest BCUT2D eigenvalue weighted by Crippen LogP contribution is 2.37. The Bertz CT molecular complexity index is 1080. The van der Waals surface area contributed by atoms with Crippen LogP contribution < -0.4 is 14.8 Å². The van der Waals surface area contributed by atoms with Gasteiger partial charge in [-0.1, -0.05) is 47.5 Å². The van der Waals surface area contributed by atoms with Crippen molar-refractivity contribution in [3.63, 3.8) is 0 Å². The van der Waals surface area contributed by atoms with Gasteiger partial charge in [-0.25, -0.2) is 4.79 Å². The zero-order valence-corrected chi connectivity index (χ0v) is 18.6. The van der Waals surface area contributed by atoms with Crippen LogP contribution in [0.5, 0.6) is 11.5 Å². The molecule has 2 N–H and O–H groups in total. The highest BCUT2D eigenvalue weighted by atomic mass is 35.5. The van der Waals surface area contributed by atoms with E-state index in [9.17, 15) is 9.90 Å². The van der Waals surface area contributed by atoms with Crippen molar-refractivity contribution in [2.45, 2.75) is 33.9 Å². The van der Waals surface area contributed by atoms with Crippen LogP contribution in [0.25, 0.3) is 0 Å². The summed E-state index contributed by atoms with van der Waals surface area (Å²) in [6.07, 6.45) is 0. The van der Waals surface area contributed by atoms with Crippen LogP contribution in [0.4, 0.5) is 5.69 Å². The van der Waals surface area contributed by atoms with Crippen LogP contribution in [0.2, 0.25) is 5.02 Å². The Morgan fingerprint density at radius 2 is 1.84 bits per heavy atom. The summed E-state index contributed by atoms with van der Waals surface area (Å²) < 4.78 is 11.8. The lowest BCUT2D eigenvalue weighted by atomic mass is 10.1. The number of anilines is 1. The molecule has 0 saturated heterocycles. The maximum absolute atomic E-state index is 11.2. The first-order valence-corrected chi connectivity index (χ1v) is 10.5. The highest BCUT2D eigenvalue weighted by molar-refractivity contribution is 6.32. The minimum atomic E-state index is -0.958. The molecule has 0 amide bonds. The molecule has 162 valence electrons. The number of carbonyl (C=O) groups is 1. The number of nitrogens with one attached hydrogen (secondary N) is 1. The van der Waals surface area contributed by atoms with Crippen molar-refractivity contribution < 1.29 is 19.4 Å². The lowest BCUT2D eigenvalue weighted by Gasteiger charge is -2.16. The van der Waals surface area contributed by atoms with Crippen LogP contribution >= 0.6 is 11.6 Å². The van der Waals surface area contributed by atoms with E-state index in [0.717, 1.165) is 22.4 Å². The molecule has 0 heterocycles. The summed E-state index contributed by atoms with van der Waals surface area (Å²) in [5, 5.41) is 13.0. The molecule has 0 spiro atoms.